The molecular weight excluding hydrogens is 138 g/mol. The summed E-state index contributed by atoms with van der Waals surface area (Å²) < 4.78 is 0. The van der Waals surface area contributed by atoms with Gasteiger partial charge in [-0.05, 0) is 20.3 Å². The van der Waals surface area contributed by atoms with Crippen LogP contribution in [0.1, 0.15) is 27.2 Å². The number of amides is 1. The molecule has 11 heavy (non-hydrogen) atoms. The maximum atomic E-state index is 11.4. The summed E-state index contributed by atoms with van der Waals surface area (Å²) in [5.74, 6) is 0.370. The Morgan fingerprint density at radius 1 is 1.64 bits per heavy atom. The predicted octanol–water partition coefficient (Wildman–Crippen LogP) is 1.78. The lowest BCUT2D eigenvalue weighted by atomic mass is 10.1. The normalized spacial score (nSPS) is 25.5. The molecule has 0 aliphatic carbocycles. The van der Waals surface area contributed by atoms with Crippen LogP contribution in [0.15, 0.2) is 12.3 Å². The molecule has 0 spiro atoms. The first kappa shape index (κ1) is 8.31. The van der Waals surface area contributed by atoms with Crippen molar-refractivity contribution in [1.82, 2.24) is 4.90 Å². The lowest BCUT2D eigenvalue weighted by Gasteiger charge is -2.21. The van der Waals surface area contributed by atoms with Gasteiger partial charge in [-0.15, -0.1) is 0 Å². The van der Waals surface area contributed by atoms with Gasteiger partial charge in [-0.3, -0.25) is 4.79 Å². The molecule has 0 radical (unpaired) electrons. The average molecular weight is 153 g/mol. The quantitative estimate of drug-likeness (QED) is 0.562. The zero-order valence-electron chi connectivity index (χ0n) is 7.42. The van der Waals surface area contributed by atoms with E-state index in [4.69, 9.17) is 0 Å². The average Bonchev–Trinajstić information content (AvgIpc) is 2.07. The summed E-state index contributed by atoms with van der Waals surface area (Å²) in [6.07, 6.45) is 0.830. The predicted molar refractivity (Wildman–Crippen MR) is 44.9 cm³/mol. The molecule has 1 unspecified atom stereocenters. The second-order valence-corrected chi connectivity index (χ2v) is 3.47. The van der Waals surface area contributed by atoms with Gasteiger partial charge in [0, 0.05) is 17.7 Å². The Morgan fingerprint density at radius 3 is 2.36 bits per heavy atom. The number of hydrogen-bond acceptors (Lipinski definition) is 1. The Bertz CT molecular complexity index is 196. The van der Waals surface area contributed by atoms with Gasteiger partial charge in [0.1, 0.15) is 0 Å². The molecule has 0 aromatic carbocycles. The summed E-state index contributed by atoms with van der Waals surface area (Å²) in [6.45, 7) is 9.85. The molecule has 1 heterocycles. The van der Waals surface area contributed by atoms with Crippen LogP contribution in [0, 0.1) is 5.92 Å². The van der Waals surface area contributed by atoms with Crippen LogP contribution in [-0.2, 0) is 4.79 Å². The van der Waals surface area contributed by atoms with Crippen LogP contribution in [0.3, 0.4) is 0 Å². The SMILES string of the molecule is C=C1CC(C)C(=O)N1C(C)C. The Kier molecular flexibility index (Phi) is 2.03. The number of carbonyl (C=O) groups excluding carboxylic acids is 1. The van der Waals surface area contributed by atoms with Crippen molar-refractivity contribution < 1.29 is 4.79 Å². The number of nitrogens with zero attached hydrogens (tertiary/aromatic N) is 1. The van der Waals surface area contributed by atoms with Crippen LogP contribution in [0.25, 0.3) is 0 Å². The van der Waals surface area contributed by atoms with E-state index < -0.39 is 0 Å². The molecule has 2 heteroatoms. The van der Waals surface area contributed by atoms with E-state index in [1.165, 1.54) is 0 Å². The van der Waals surface area contributed by atoms with E-state index in [1.807, 2.05) is 20.8 Å². The fourth-order valence-electron chi connectivity index (χ4n) is 1.55. The fourth-order valence-corrected chi connectivity index (χ4v) is 1.55. The van der Waals surface area contributed by atoms with Gasteiger partial charge >= 0.3 is 0 Å². The summed E-state index contributed by atoms with van der Waals surface area (Å²) in [5, 5.41) is 0. The standard InChI is InChI=1S/C9H15NO/c1-6(2)10-8(4)5-7(3)9(10)11/h6-7H,4-5H2,1-3H3. The highest BCUT2D eigenvalue weighted by Gasteiger charge is 2.32. The van der Waals surface area contributed by atoms with Gasteiger partial charge in [0.25, 0.3) is 0 Å². The van der Waals surface area contributed by atoms with Crippen LogP contribution in [0.5, 0.6) is 0 Å². The zero-order chi connectivity index (χ0) is 8.59. The molecule has 1 rings (SSSR count). The van der Waals surface area contributed by atoms with Gasteiger partial charge in [-0.25, -0.2) is 0 Å². The van der Waals surface area contributed by atoms with Gasteiger partial charge in [0.05, 0.1) is 0 Å². The van der Waals surface area contributed by atoms with Gasteiger partial charge in [-0.2, -0.15) is 0 Å². The number of allylic oxidation sites excluding steroid dienone is 1. The largest absolute Gasteiger partial charge is 0.314 e. The van der Waals surface area contributed by atoms with E-state index >= 15 is 0 Å². The minimum atomic E-state index is 0.143. The highest BCUT2D eigenvalue weighted by molar-refractivity contribution is 5.83. The maximum absolute atomic E-state index is 11.4. The molecule has 1 saturated heterocycles. The summed E-state index contributed by atoms with van der Waals surface area (Å²) >= 11 is 0. The van der Waals surface area contributed by atoms with E-state index in [0.717, 1.165) is 12.1 Å². The molecule has 1 fully saturated rings. The molecule has 0 saturated carbocycles. The summed E-state index contributed by atoms with van der Waals surface area (Å²) in [7, 11) is 0. The van der Waals surface area contributed by atoms with E-state index in [9.17, 15) is 4.79 Å². The number of likely N-dealkylation sites (tertiary alicyclic amines) is 1. The van der Waals surface area contributed by atoms with Crippen molar-refractivity contribution in [3.8, 4) is 0 Å². The van der Waals surface area contributed by atoms with Crippen LogP contribution < -0.4 is 0 Å². The molecule has 1 amide bonds. The highest BCUT2D eigenvalue weighted by Crippen LogP contribution is 2.27. The van der Waals surface area contributed by atoms with E-state index in [2.05, 4.69) is 6.58 Å². The molecule has 0 bridgehead atoms. The monoisotopic (exact) mass is 153 g/mol. The molecule has 2 nitrogen and oxygen atoms in total. The molecule has 1 aliphatic rings. The van der Waals surface area contributed by atoms with Gasteiger partial charge in [-0.1, -0.05) is 13.5 Å². The first-order valence-electron chi connectivity index (χ1n) is 4.05. The van der Waals surface area contributed by atoms with Crippen molar-refractivity contribution >= 4 is 5.91 Å². The van der Waals surface area contributed by atoms with Gasteiger partial charge < -0.3 is 4.90 Å². The molecule has 1 aliphatic heterocycles. The topological polar surface area (TPSA) is 20.3 Å². The van der Waals surface area contributed by atoms with Crippen molar-refractivity contribution in [2.24, 2.45) is 5.92 Å². The number of rotatable bonds is 1. The smallest absolute Gasteiger partial charge is 0.230 e. The van der Waals surface area contributed by atoms with Crippen molar-refractivity contribution in [2.75, 3.05) is 0 Å². The zero-order valence-corrected chi connectivity index (χ0v) is 7.42. The van der Waals surface area contributed by atoms with Crippen molar-refractivity contribution in [2.45, 2.75) is 33.2 Å². The summed E-state index contributed by atoms with van der Waals surface area (Å²) in [6, 6.07) is 0.264. The molecular formula is C9H15NO. The summed E-state index contributed by atoms with van der Waals surface area (Å²) in [4.78, 5) is 13.2. The lowest BCUT2D eigenvalue weighted by molar-refractivity contribution is -0.130. The van der Waals surface area contributed by atoms with Crippen LogP contribution in [0.2, 0.25) is 0 Å². The Morgan fingerprint density at radius 2 is 2.18 bits per heavy atom. The van der Waals surface area contributed by atoms with E-state index in [1.54, 1.807) is 4.90 Å². The molecule has 62 valence electrons. The highest BCUT2D eigenvalue weighted by atomic mass is 16.2. The van der Waals surface area contributed by atoms with Crippen LogP contribution >= 0.6 is 0 Å². The third-order valence-corrected chi connectivity index (χ3v) is 2.06. The number of hydrogen-bond donors (Lipinski definition) is 0. The Labute approximate surface area is 67.9 Å². The Balaban J connectivity index is 2.80. The lowest BCUT2D eigenvalue weighted by Crippen LogP contribution is -2.31. The first-order valence-corrected chi connectivity index (χ1v) is 4.05. The van der Waals surface area contributed by atoms with Crippen molar-refractivity contribution in [3.63, 3.8) is 0 Å². The third kappa shape index (κ3) is 1.30. The van der Waals surface area contributed by atoms with E-state index in [-0.39, 0.29) is 17.9 Å². The molecule has 0 N–H and O–H groups in total. The van der Waals surface area contributed by atoms with Crippen LogP contribution in [0.4, 0.5) is 0 Å². The van der Waals surface area contributed by atoms with E-state index in [0.29, 0.717) is 0 Å². The number of carbonyl (C=O) groups is 1. The third-order valence-electron chi connectivity index (χ3n) is 2.06. The molecule has 0 aromatic heterocycles. The van der Waals surface area contributed by atoms with Crippen molar-refractivity contribution in [1.29, 1.82) is 0 Å². The van der Waals surface area contributed by atoms with Crippen LogP contribution in [-0.4, -0.2) is 16.8 Å². The first-order chi connectivity index (χ1) is 5.04. The molecule has 0 aromatic rings. The van der Waals surface area contributed by atoms with Crippen molar-refractivity contribution in [3.05, 3.63) is 12.3 Å². The minimum Gasteiger partial charge on any atom is -0.314 e. The van der Waals surface area contributed by atoms with Gasteiger partial charge in [0.2, 0.25) is 5.91 Å². The maximum Gasteiger partial charge on any atom is 0.230 e. The second kappa shape index (κ2) is 2.68. The minimum absolute atomic E-state index is 0.143. The second-order valence-electron chi connectivity index (χ2n) is 3.47. The Hall–Kier alpha value is -0.790. The van der Waals surface area contributed by atoms with Gasteiger partial charge in [0.15, 0.2) is 0 Å². The molecule has 1 atom stereocenters. The summed E-state index contributed by atoms with van der Waals surface area (Å²) in [5.41, 5.74) is 0.970. The fraction of sp³-hybridized carbons (Fsp3) is 0.667.